The molecule has 2 rings (SSSR count). The van der Waals surface area contributed by atoms with E-state index in [0.29, 0.717) is 16.5 Å². The van der Waals surface area contributed by atoms with Crippen LogP contribution in [0.2, 0.25) is 5.02 Å². The first kappa shape index (κ1) is 9.98. The molecule has 0 saturated heterocycles. The van der Waals surface area contributed by atoms with Gasteiger partial charge in [0, 0.05) is 25.0 Å². The molecule has 0 spiro atoms. The highest BCUT2D eigenvalue weighted by molar-refractivity contribution is 6.30. The number of rotatable bonds is 2. The average molecular weight is 223 g/mol. The van der Waals surface area contributed by atoms with Crippen LogP contribution in [0.4, 0.5) is 5.69 Å². The summed E-state index contributed by atoms with van der Waals surface area (Å²) in [4.78, 5) is 8.40. The van der Waals surface area contributed by atoms with E-state index < -0.39 is 0 Å². The molecule has 0 aliphatic rings. The normalized spacial score (nSPS) is 10.5. The van der Waals surface area contributed by atoms with Crippen molar-refractivity contribution in [2.24, 2.45) is 0 Å². The molecule has 0 fully saturated rings. The zero-order valence-corrected chi connectivity index (χ0v) is 9.07. The van der Waals surface area contributed by atoms with Crippen LogP contribution in [-0.2, 0) is 6.42 Å². The lowest BCUT2D eigenvalue weighted by Crippen LogP contribution is -2.05. The Kier molecular flexibility index (Phi) is 2.60. The summed E-state index contributed by atoms with van der Waals surface area (Å²) in [6.07, 6.45) is 5.98. The molecule has 4 nitrogen and oxygen atoms in total. The van der Waals surface area contributed by atoms with Gasteiger partial charge in [0.2, 0.25) is 0 Å². The predicted molar refractivity (Wildman–Crippen MR) is 60.2 cm³/mol. The van der Waals surface area contributed by atoms with Crippen molar-refractivity contribution in [3.05, 3.63) is 35.5 Å². The number of nitrogens with zero attached hydrogens (tertiary/aromatic N) is 3. The summed E-state index contributed by atoms with van der Waals surface area (Å²) in [6.45, 7) is 2.03. The number of anilines is 1. The van der Waals surface area contributed by atoms with Crippen molar-refractivity contribution >= 4 is 17.3 Å². The number of imidazole rings is 1. The Balaban J connectivity index is 2.54. The fraction of sp³-hybridized carbons (Fsp3) is 0.200. The highest BCUT2D eigenvalue weighted by Gasteiger charge is 2.07. The Morgan fingerprint density at radius 3 is 2.93 bits per heavy atom. The maximum atomic E-state index is 5.84. The highest BCUT2D eigenvalue weighted by atomic mass is 35.5. The number of hydrogen-bond donors (Lipinski definition) is 1. The van der Waals surface area contributed by atoms with Crippen molar-refractivity contribution in [3.63, 3.8) is 0 Å². The maximum Gasteiger partial charge on any atom is 0.161 e. The molecule has 2 aromatic heterocycles. The molecule has 0 amide bonds. The van der Waals surface area contributed by atoms with E-state index in [9.17, 15) is 0 Å². The Morgan fingerprint density at radius 1 is 1.47 bits per heavy atom. The quantitative estimate of drug-likeness (QED) is 0.846. The number of aryl methyl sites for hydroxylation is 1. The molecule has 0 bridgehead atoms. The second-order valence-electron chi connectivity index (χ2n) is 3.13. The molecular formula is C10H11ClN4. The molecule has 15 heavy (non-hydrogen) atoms. The lowest BCUT2D eigenvalue weighted by atomic mass is 10.3. The molecule has 2 N–H and O–H groups in total. The van der Waals surface area contributed by atoms with Crippen LogP contribution in [0.5, 0.6) is 0 Å². The number of hydrogen-bond acceptors (Lipinski definition) is 3. The van der Waals surface area contributed by atoms with Gasteiger partial charge in [0.15, 0.2) is 5.82 Å². The van der Waals surface area contributed by atoms with Gasteiger partial charge < -0.3 is 5.73 Å². The highest BCUT2D eigenvalue weighted by Crippen LogP contribution is 2.19. The summed E-state index contributed by atoms with van der Waals surface area (Å²) in [6, 6.07) is 1.68. The fourth-order valence-electron chi connectivity index (χ4n) is 1.44. The third-order valence-electron chi connectivity index (χ3n) is 2.12. The number of pyridine rings is 1. The van der Waals surface area contributed by atoms with Crippen LogP contribution in [-0.4, -0.2) is 14.5 Å². The molecule has 0 unspecified atom stereocenters. The first-order valence-electron chi connectivity index (χ1n) is 4.66. The van der Waals surface area contributed by atoms with Gasteiger partial charge in [-0.25, -0.2) is 9.97 Å². The first-order valence-corrected chi connectivity index (χ1v) is 5.03. The lowest BCUT2D eigenvalue weighted by Gasteiger charge is -2.08. The van der Waals surface area contributed by atoms with E-state index in [1.807, 2.05) is 17.7 Å². The summed E-state index contributed by atoms with van der Waals surface area (Å²) in [5.74, 6) is 1.60. The van der Waals surface area contributed by atoms with E-state index in [4.69, 9.17) is 17.3 Å². The molecule has 2 aromatic rings. The summed E-state index contributed by atoms with van der Waals surface area (Å²) in [5.41, 5.74) is 6.39. The Bertz CT molecular complexity index is 478. The molecule has 0 atom stereocenters. The van der Waals surface area contributed by atoms with Gasteiger partial charge >= 0.3 is 0 Å². The fourth-order valence-corrected chi connectivity index (χ4v) is 1.60. The molecule has 5 heteroatoms. The lowest BCUT2D eigenvalue weighted by molar-refractivity contribution is 0.870. The van der Waals surface area contributed by atoms with Crippen molar-refractivity contribution < 1.29 is 0 Å². The molecule has 0 aliphatic carbocycles. The van der Waals surface area contributed by atoms with Crippen LogP contribution in [0.25, 0.3) is 5.82 Å². The minimum absolute atomic E-state index is 0.536. The van der Waals surface area contributed by atoms with Crippen molar-refractivity contribution in [2.45, 2.75) is 13.3 Å². The van der Waals surface area contributed by atoms with Crippen molar-refractivity contribution in [2.75, 3.05) is 5.73 Å². The van der Waals surface area contributed by atoms with Gasteiger partial charge in [-0.15, -0.1) is 0 Å². The van der Waals surface area contributed by atoms with E-state index in [-0.39, 0.29) is 0 Å². The minimum atomic E-state index is 0.536. The van der Waals surface area contributed by atoms with E-state index in [0.717, 1.165) is 12.2 Å². The van der Waals surface area contributed by atoms with Gasteiger partial charge in [-0.05, 0) is 6.07 Å². The predicted octanol–water partition coefficient (Wildman–Crippen LogP) is 2.07. The average Bonchev–Trinajstić information content (AvgIpc) is 2.65. The second kappa shape index (κ2) is 3.90. The summed E-state index contributed by atoms with van der Waals surface area (Å²) in [5, 5.41) is 0.536. The van der Waals surface area contributed by atoms with Crippen LogP contribution < -0.4 is 5.73 Å². The minimum Gasteiger partial charge on any atom is -0.396 e. The van der Waals surface area contributed by atoms with Crippen molar-refractivity contribution in [1.29, 1.82) is 0 Å². The number of halogens is 1. The number of nitrogens with two attached hydrogens (primary N) is 1. The molecule has 0 radical (unpaired) electrons. The topological polar surface area (TPSA) is 56.7 Å². The number of nitrogen functional groups attached to an aromatic ring is 1. The molecule has 2 heterocycles. The van der Waals surface area contributed by atoms with Crippen LogP contribution in [0.1, 0.15) is 12.7 Å². The Morgan fingerprint density at radius 2 is 2.27 bits per heavy atom. The van der Waals surface area contributed by atoms with Gasteiger partial charge in [-0.3, -0.25) is 4.57 Å². The van der Waals surface area contributed by atoms with Gasteiger partial charge in [-0.1, -0.05) is 18.5 Å². The zero-order chi connectivity index (χ0) is 10.8. The van der Waals surface area contributed by atoms with E-state index >= 15 is 0 Å². The van der Waals surface area contributed by atoms with Crippen LogP contribution in [0.15, 0.2) is 24.7 Å². The molecule has 78 valence electrons. The SMILES string of the molecule is CCc1nccn1-c1ncc(Cl)cc1N. The first-order chi connectivity index (χ1) is 7.22. The standard InChI is InChI=1S/C10H11ClN4/c1-2-9-13-3-4-15(9)10-8(12)5-7(11)6-14-10/h3-6H,2,12H2,1H3. The second-order valence-corrected chi connectivity index (χ2v) is 3.57. The third-order valence-corrected chi connectivity index (χ3v) is 2.33. The summed E-state index contributed by atoms with van der Waals surface area (Å²) >= 11 is 5.78. The summed E-state index contributed by atoms with van der Waals surface area (Å²) in [7, 11) is 0. The zero-order valence-electron chi connectivity index (χ0n) is 8.31. The number of aromatic nitrogens is 3. The van der Waals surface area contributed by atoms with Crippen molar-refractivity contribution in [3.8, 4) is 5.82 Å². The smallest absolute Gasteiger partial charge is 0.161 e. The van der Waals surface area contributed by atoms with E-state index in [1.165, 1.54) is 0 Å². The van der Waals surface area contributed by atoms with E-state index in [1.54, 1.807) is 18.5 Å². The van der Waals surface area contributed by atoms with Gasteiger partial charge in [-0.2, -0.15) is 0 Å². The van der Waals surface area contributed by atoms with Gasteiger partial charge in [0.05, 0.1) is 10.7 Å². The Hall–Kier alpha value is -1.55. The van der Waals surface area contributed by atoms with Crippen LogP contribution in [0, 0.1) is 0 Å². The molecule has 0 saturated carbocycles. The van der Waals surface area contributed by atoms with Gasteiger partial charge in [0.25, 0.3) is 0 Å². The molecule has 0 aliphatic heterocycles. The maximum absolute atomic E-state index is 5.84. The third kappa shape index (κ3) is 1.80. The van der Waals surface area contributed by atoms with Crippen LogP contribution in [0.3, 0.4) is 0 Å². The molecule has 0 aromatic carbocycles. The largest absolute Gasteiger partial charge is 0.396 e. The molecular weight excluding hydrogens is 212 g/mol. The van der Waals surface area contributed by atoms with Crippen molar-refractivity contribution in [1.82, 2.24) is 14.5 Å². The van der Waals surface area contributed by atoms with Gasteiger partial charge in [0.1, 0.15) is 5.82 Å². The summed E-state index contributed by atoms with van der Waals surface area (Å²) < 4.78 is 1.87. The Labute approximate surface area is 92.7 Å². The van der Waals surface area contributed by atoms with Crippen LogP contribution >= 0.6 is 11.6 Å². The van der Waals surface area contributed by atoms with E-state index in [2.05, 4.69) is 9.97 Å². The monoisotopic (exact) mass is 222 g/mol.